The molecule has 0 N–H and O–H groups in total. The standard InChI is InChI=1S/C31H21F3N4O3S/c32-31(33,34)26-14-8-7-13-25(26)27-19-38(37-36-27)23-15-17-24(18-16-23)42(39,40)20-28-35-29(21-9-3-1-4-10-21)30(41-28)22-11-5-2-6-12-22/h1-19H,20H2. The van der Waals surface area contributed by atoms with Crippen molar-refractivity contribution in [2.75, 3.05) is 0 Å². The van der Waals surface area contributed by atoms with Crippen molar-refractivity contribution in [3.8, 4) is 39.5 Å². The van der Waals surface area contributed by atoms with Crippen LogP contribution in [0.3, 0.4) is 0 Å². The van der Waals surface area contributed by atoms with Crippen molar-refractivity contribution in [2.24, 2.45) is 0 Å². The summed E-state index contributed by atoms with van der Waals surface area (Å²) in [5.74, 6) is 0.0400. The third-order valence-electron chi connectivity index (χ3n) is 6.53. The predicted molar refractivity (Wildman–Crippen MR) is 150 cm³/mol. The smallest absolute Gasteiger partial charge is 0.417 e. The normalized spacial score (nSPS) is 12.0. The molecule has 0 aliphatic carbocycles. The van der Waals surface area contributed by atoms with Crippen LogP contribution in [0.4, 0.5) is 13.2 Å². The summed E-state index contributed by atoms with van der Waals surface area (Å²) in [7, 11) is -3.87. The number of oxazole rings is 1. The van der Waals surface area contributed by atoms with Gasteiger partial charge in [-0.15, -0.1) is 5.10 Å². The van der Waals surface area contributed by atoms with Gasteiger partial charge in [0.15, 0.2) is 15.6 Å². The summed E-state index contributed by atoms with van der Waals surface area (Å²) in [5.41, 5.74) is 1.62. The summed E-state index contributed by atoms with van der Waals surface area (Å²) >= 11 is 0. The molecule has 0 aliphatic rings. The summed E-state index contributed by atoms with van der Waals surface area (Å²) in [4.78, 5) is 4.56. The third kappa shape index (κ3) is 5.46. The van der Waals surface area contributed by atoms with Gasteiger partial charge in [-0.3, -0.25) is 0 Å². The summed E-state index contributed by atoms with van der Waals surface area (Å²) in [6, 6.07) is 29.6. The van der Waals surface area contributed by atoms with Crippen molar-refractivity contribution in [3.05, 3.63) is 127 Å². The molecular formula is C31H21F3N4O3S. The molecule has 6 rings (SSSR count). The molecule has 2 aromatic heterocycles. The maximum absolute atomic E-state index is 13.4. The zero-order valence-corrected chi connectivity index (χ0v) is 22.5. The Morgan fingerprint density at radius 1 is 0.762 bits per heavy atom. The van der Waals surface area contributed by atoms with Crippen molar-refractivity contribution < 1.29 is 26.0 Å². The number of alkyl halides is 3. The first-order valence-corrected chi connectivity index (χ1v) is 14.4. The Kier molecular flexibility index (Phi) is 6.95. The maximum Gasteiger partial charge on any atom is 0.417 e. The molecule has 7 nitrogen and oxygen atoms in total. The zero-order chi connectivity index (χ0) is 29.3. The number of aromatic nitrogens is 4. The molecular weight excluding hydrogens is 565 g/mol. The van der Waals surface area contributed by atoms with Gasteiger partial charge in [0.1, 0.15) is 17.1 Å². The Labute approximate surface area is 238 Å². The second-order valence-electron chi connectivity index (χ2n) is 9.36. The molecule has 0 spiro atoms. The number of nitrogens with zero attached hydrogens (tertiary/aromatic N) is 4. The average Bonchev–Trinajstić information content (AvgIpc) is 3.66. The van der Waals surface area contributed by atoms with Crippen molar-refractivity contribution in [1.29, 1.82) is 0 Å². The van der Waals surface area contributed by atoms with Gasteiger partial charge in [-0.1, -0.05) is 84.1 Å². The number of sulfone groups is 1. The fourth-order valence-corrected chi connectivity index (χ4v) is 5.69. The topological polar surface area (TPSA) is 90.9 Å². The highest BCUT2D eigenvalue weighted by atomic mass is 32.2. The largest absolute Gasteiger partial charge is 0.439 e. The lowest BCUT2D eigenvalue weighted by Crippen LogP contribution is -2.06. The Bertz CT molecular complexity index is 1900. The molecule has 0 atom stereocenters. The molecule has 42 heavy (non-hydrogen) atoms. The van der Waals surface area contributed by atoms with E-state index in [0.717, 1.165) is 17.2 Å². The fraction of sp³-hybridized carbons (Fsp3) is 0.0645. The molecule has 0 bridgehead atoms. The molecule has 0 radical (unpaired) electrons. The van der Waals surface area contributed by atoms with Gasteiger partial charge in [-0.25, -0.2) is 18.1 Å². The molecule has 0 amide bonds. The SMILES string of the molecule is O=S(=O)(Cc1nc(-c2ccccc2)c(-c2ccccc2)o1)c1ccc(-n2cc(-c3ccccc3C(F)(F)F)nn2)cc1. The third-order valence-corrected chi connectivity index (χ3v) is 8.15. The molecule has 0 saturated heterocycles. The molecule has 0 unspecified atom stereocenters. The molecule has 0 saturated carbocycles. The van der Waals surface area contributed by atoms with E-state index >= 15 is 0 Å². The predicted octanol–water partition coefficient (Wildman–Crippen LogP) is 7.25. The number of halogens is 3. The number of hydrogen-bond donors (Lipinski definition) is 0. The molecule has 2 heterocycles. The van der Waals surface area contributed by atoms with Gasteiger partial charge in [0, 0.05) is 16.7 Å². The lowest BCUT2D eigenvalue weighted by atomic mass is 10.0. The van der Waals surface area contributed by atoms with E-state index in [4.69, 9.17) is 4.42 Å². The van der Waals surface area contributed by atoms with Crippen molar-refractivity contribution in [3.63, 3.8) is 0 Å². The highest BCUT2D eigenvalue weighted by Crippen LogP contribution is 2.36. The van der Waals surface area contributed by atoms with E-state index in [0.29, 0.717) is 17.1 Å². The van der Waals surface area contributed by atoms with Crippen molar-refractivity contribution in [2.45, 2.75) is 16.8 Å². The van der Waals surface area contributed by atoms with Crippen LogP contribution in [0, 0.1) is 0 Å². The number of rotatable bonds is 7. The van der Waals surface area contributed by atoms with Crippen molar-refractivity contribution >= 4 is 9.84 Å². The highest BCUT2D eigenvalue weighted by molar-refractivity contribution is 7.90. The van der Waals surface area contributed by atoms with Gasteiger partial charge < -0.3 is 4.42 Å². The van der Waals surface area contributed by atoms with Crippen LogP contribution in [0.15, 0.2) is 125 Å². The Morgan fingerprint density at radius 2 is 1.38 bits per heavy atom. The van der Waals surface area contributed by atoms with Crippen LogP contribution in [0.5, 0.6) is 0 Å². The first kappa shape index (κ1) is 27.2. The van der Waals surface area contributed by atoms with E-state index in [9.17, 15) is 21.6 Å². The van der Waals surface area contributed by atoms with Crippen LogP contribution in [0.2, 0.25) is 0 Å². The first-order chi connectivity index (χ1) is 20.2. The summed E-state index contributed by atoms with van der Waals surface area (Å²) < 4.78 is 74.3. The van der Waals surface area contributed by atoms with E-state index in [1.165, 1.54) is 53.3 Å². The van der Waals surface area contributed by atoms with Crippen LogP contribution in [0.1, 0.15) is 11.5 Å². The van der Waals surface area contributed by atoms with Gasteiger partial charge >= 0.3 is 6.18 Å². The van der Waals surface area contributed by atoms with E-state index < -0.39 is 27.3 Å². The lowest BCUT2D eigenvalue weighted by molar-refractivity contribution is -0.137. The van der Waals surface area contributed by atoms with E-state index in [1.54, 1.807) is 0 Å². The maximum atomic E-state index is 13.4. The van der Waals surface area contributed by atoms with Crippen LogP contribution in [-0.4, -0.2) is 28.4 Å². The average molecular weight is 587 g/mol. The fourth-order valence-electron chi connectivity index (χ4n) is 4.52. The summed E-state index contributed by atoms with van der Waals surface area (Å²) in [6.07, 6.45) is -3.19. The van der Waals surface area contributed by atoms with E-state index in [-0.39, 0.29) is 22.0 Å². The molecule has 11 heteroatoms. The van der Waals surface area contributed by atoms with Crippen LogP contribution in [0.25, 0.3) is 39.5 Å². The second kappa shape index (κ2) is 10.7. The summed E-state index contributed by atoms with van der Waals surface area (Å²) in [6.45, 7) is 0. The van der Waals surface area contributed by atoms with Gasteiger partial charge in [0.05, 0.1) is 22.3 Å². The summed E-state index contributed by atoms with van der Waals surface area (Å²) in [5, 5.41) is 7.84. The molecule has 4 aromatic carbocycles. The molecule has 6 aromatic rings. The lowest BCUT2D eigenvalue weighted by Gasteiger charge is -2.10. The van der Waals surface area contributed by atoms with Crippen LogP contribution in [-0.2, 0) is 21.8 Å². The minimum absolute atomic E-state index is 0.0229. The van der Waals surface area contributed by atoms with Gasteiger partial charge in [0.25, 0.3) is 0 Å². The van der Waals surface area contributed by atoms with Crippen LogP contribution >= 0.6 is 0 Å². The quantitative estimate of drug-likeness (QED) is 0.196. The Hall–Kier alpha value is -5.03. The number of hydrogen-bond acceptors (Lipinski definition) is 6. The van der Waals surface area contributed by atoms with E-state index in [1.807, 2.05) is 60.7 Å². The minimum atomic E-state index is -4.55. The van der Waals surface area contributed by atoms with Gasteiger partial charge in [-0.2, -0.15) is 13.2 Å². The minimum Gasteiger partial charge on any atom is -0.439 e. The van der Waals surface area contributed by atoms with Gasteiger partial charge in [0.2, 0.25) is 5.89 Å². The Balaban J connectivity index is 1.27. The zero-order valence-electron chi connectivity index (χ0n) is 21.7. The first-order valence-electron chi connectivity index (χ1n) is 12.7. The van der Waals surface area contributed by atoms with E-state index in [2.05, 4.69) is 15.3 Å². The van der Waals surface area contributed by atoms with Crippen molar-refractivity contribution in [1.82, 2.24) is 20.0 Å². The highest BCUT2D eigenvalue weighted by Gasteiger charge is 2.34. The molecule has 0 aliphatic heterocycles. The second-order valence-corrected chi connectivity index (χ2v) is 11.4. The monoisotopic (exact) mass is 586 g/mol. The molecule has 0 fully saturated rings. The Morgan fingerprint density at radius 3 is 2.05 bits per heavy atom. The number of benzene rings is 4. The van der Waals surface area contributed by atoms with Gasteiger partial charge in [-0.05, 0) is 30.3 Å². The molecule has 210 valence electrons. The van der Waals surface area contributed by atoms with Crippen LogP contribution < -0.4 is 0 Å².